The summed E-state index contributed by atoms with van der Waals surface area (Å²) < 4.78 is 6.65. The molecule has 3 rings (SSSR count). The summed E-state index contributed by atoms with van der Waals surface area (Å²) in [6.07, 6.45) is 0.630. The number of aromatic amines is 1. The minimum Gasteiger partial charge on any atom is -0.462 e. The van der Waals surface area contributed by atoms with Gasteiger partial charge in [0.2, 0.25) is 11.7 Å². The maximum atomic E-state index is 12.2. The van der Waals surface area contributed by atoms with Gasteiger partial charge in [0.25, 0.3) is 5.56 Å². The Morgan fingerprint density at radius 3 is 2.64 bits per heavy atom. The van der Waals surface area contributed by atoms with Gasteiger partial charge >= 0.3 is 5.97 Å². The van der Waals surface area contributed by atoms with Crippen molar-refractivity contribution in [3.8, 4) is 0 Å². The van der Waals surface area contributed by atoms with Crippen molar-refractivity contribution < 1.29 is 14.3 Å². The normalized spacial score (nSPS) is 10.8. The van der Waals surface area contributed by atoms with Gasteiger partial charge in [-0.05, 0) is 37.6 Å². The van der Waals surface area contributed by atoms with Gasteiger partial charge in [0.15, 0.2) is 5.16 Å². The van der Waals surface area contributed by atoms with Gasteiger partial charge < -0.3 is 10.1 Å². The molecule has 2 aromatic heterocycles. The van der Waals surface area contributed by atoms with Crippen LogP contribution in [0.15, 0.2) is 40.3 Å². The largest absolute Gasteiger partial charge is 0.462 e. The molecule has 9 nitrogen and oxygen atoms in total. The van der Waals surface area contributed by atoms with Crippen LogP contribution in [-0.4, -0.2) is 43.8 Å². The van der Waals surface area contributed by atoms with Crippen molar-refractivity contribution >= 4 is 35.1 Å². The lowest BCUT2D eigenvalue weighted by molar-refractivity contribution is -0.113. The highest BCUT2D eigenvalue weighted by Gasteiger charge is 2.13. The topological polar surface area (TPSA) is 118 Å². The summed E-state index contributed by atoms with van der Waals surface area (Å²) in [6, 6.07) is 7.96. The standard InChI is InChI=1S/C18H19N5O4S/c1-3-13-9-14(24)20-17-21-22-18(23(13)17)28-10-15(25)19-12-7-5-11(6-8-12)16(26)27-4-2/h5-9H,3-4,10H2,1-2H3,(H,19,25)(H,20,21,24). The van der Waals surface area contributed by atoms with Crippen LogP contribution in [-0.2, 0) is 16.0 Å². The van der Waals surface area contributed by atoms with E-state index in [1.165, 1.54) is 17.8 Å². The van der Waals surface area contributed by atoms with Crippen molar-refractivity contribution in [1.82, 2.24) is 19.6 Å². The van der Waals surface area contributed by atoms with Gasteiger partial charge in [0, 0.05) is 17.4 Å². The maximum Gasteiger partial charge on any atom is 0.338 e. The van der Waals surface area contributed by atoms with Gasteiger partial charge in [0.05, 0.1) is 17.9 Å². The maximum absolute atomic E-state index is 12.2. The van der Waals surface area contributed by atoms with Crippen molar-refractivity contribution in [1.29, 1.82) is 0 Å². The van der Waals surface area contributed by atoms with Crippen molar-refractivity contribution in [3.63, 3.8) is 0 Å². The van der Waals surface area contributed by atoms with E-state index < -0.39 is 5.97 Å². The fourth-order valence-electron chi connectivity index (χ4n) is 2.56. The fourth-order valence-corrected chi connectivity index (χ4v) is 3.32. The molecule has 28 heavy (non-hydrogen) atoms. The van der Waals surface area contributed by atoms with E-state index in [9.17, 15) is 14.4 Å². The van der Waals surface area contributed by atoms with Crippen LogP contribution in [0.5, 0.6) is 0 Å². The van der Waals surface area contributed by atoms with E-state index >= 15 is 0 Å². The summed E-state index contributed by atoms with van der Waals surface area (Å²) in [4.78, 5) is 38.1. The first-order valence-corrected chi connectivity index (χ1v) is 9.67. The van der Waals surface area contributed by atoms with Crippen LogP contribution in [0.2, 0.25) is 0 Å². The van der Waals surface area contributed by atoms with Crippen LogP contribution in [0.3, 0.4) is 0 Å². The molecule has 0 atom stereocenters. The number of rotatable bonds is 7. The highest BCUT2D eigenvalue weighted by atomic mass is 32.2. The van der Waals surface area contributed by atoms with Gasteiger partial charge in [-0.3, -0.25) is 19.0 Å². The smallest absolute Gasteiger partial charge is 0.338 e. The highest BCUT2D eigenvalue weighted by Crippen LogP contribution is 2.18. The third-order valence-electron chi connectivity index (χ3n) is 3.83. The molecule has 0 radical (unpaired) electrons. The van der Waals surface area contributed by atoms with Crippen LogP contribution in [0.4, 0.5) is 5.69 Å². The molecular weight excluding hydrogens is 382 g/mol. The molecule has 0 aliphatic rings. The molecule has 0 unspecified atom stereocenters. The zero-order valence-electron chi connectivity index (χ0n) is 15.4. The third kappa shape index (κ3) is 4.39. The number of benzene rings is 1. The summed E-state index contributed by atoms with van der Waals surface area (Å²) in [6.45, 7) is 3.97. The lowest BCUT2D eigenvalue weighted by Crippen LogP contribution is -2.15. The van der Waals surface area contributed by atoms with E-state index in [4.69, 9.17) is 4.74 Å². The van der Waals surface area contributed by atoms with E-state index in [1.54, 1.807) is 35.6 Å². The zero-order valence-corrected chi connectivity index (χ0v) is 16.2. The molecule has 2 N–H and O–H groups in total. The van der Waals surface area contributed by atoms with E-state index in [2.05, 4.69) is 20.5 Å². The van der Waals surface area contributed by atoms with E-state index in [0.29, 0.717) is 35.2 Å². The second-order valence-corrected chi connectivity index (χ2v) is 6.70. The summed E-state index contributed by atoms with van der Waals surface area (Å²) in [5.74, 6) is -0.169. The molecule has 0 saturated heterocycles. The second-order valence-electron chi connectivity index (χ2n) is 5.75. The number of nitrogens with zero attached hydrogens (tertiary/aromatic N) is 3. The van der Waals surface area contributed by atoms with E-state index in [1.807, 2.05) is 6.92 Å². The predicted molar refractivity (Wildman–Crippen MR) is 105 cm³/mol. The number of esters is 1. The number of aryl methyl sites for hydroxylation is 1. The fraction of sp³-hybridized carbons (Fsp3) is 0.278. The van der Waals surface area contributed by atoms with Crippen LogP contribution in [0, 0.1) is 0 Å². The van der Waals surface area contributed by atoms with Crippen LogP contribution < -0.4 is 10.9 Å². The number of thioether (sulfide) groups is 1. The number of nitrogens with one attached hydrogen (secondary N) is 2. The van der Waals surface area contributed by atoms with Gasteiger partial charge in [-0.25, -0.2) is 4.79 Å². The molecule has 0 fully saturated rings. The van der Waals surface area contributed by atoms with E-state index in [-0.39, 0.29) is 17.2 Å². The lowest BCUT2D eigenvalue weighted by atomic mass is 10.2. The van der Waals surface area contributed by atoms with Gasteiger partial charge in [-0.1, -0.05) is 18.7 Å². The van der Waals surface area contributed by atoms with Crippen LogP contribution in [0.25, 0.3) is 5.78 Å². The number of carbonyl (C=O) groups is 2. The molecule has 2 heterocycles. The molecule has 0 aliphatic heterocycles. The third-order valence-corrected chi connectivity index (χ3v) is 4.76. The number of hydrogen-bond acceptors (Lipinski definition) is 7. The van der Waals surface area contributed by atoms with Crippen molar-refractivity contribution in [2.24, 2.45) is 0 Å². The monoisotopic (exact) mass is 401 g/mol. The number of ether oxygens (including phenoxy) is 1. The van der Waals surface area contributed by atoms with E-state index in [0.717, 1.165) is 5.69 Å². The van der Waals surface area contributed by atoms with Gasteiger partial charge in [0.1, 0.15) is 0 Å². The van der Waals surface area contributed by atoms with Crippen molar-refractivity contribution in [2.75, 3.05) is 17.7 Å². The van der Waals surface area contributed by atoms with Gasteiger partial charge in [-0.2, -0.15) is 0 Å². The number of amides is 1. The Balaban J connectivity index is 1.64. The number of H-pyrrole nitrogens is 1. The number of hydrogen-bond donors (Lipinski definition) is 2. The Morgan fingerprint density at radius 2 is 1.96 bits per heavy atom. The zero-order chi connectivity index (χ0) is 20.1. The molecule has 10 heteroatoms. The number of aromatic nitrogens is 4. The summed E-state index contributed by atoms with van der Waals surface area (Å²) >= 11 is 1.22. The van der Waals surface area contributed by atoms with Crippen LogP contribution in [0.1, 0.15) is 29.9 Å². The number of fused-ring (bicyclic) bond motifs is 1. The van der Waals surface area contributed by atoms with Crippen LogP contribution >= 0.6 is 11.8 Å². The molecule has 146 valence electrons. The minimum absolute atomic E-state index is 0.114. The Kier molecular flexibility index (Phi) is 6.09. The first-order chi connectivity index (χ1) is 13.5. The predicted octanol–water partition coefficient (Wildman–Crippen LogP) is 1.89. The SMILES string of the molecule is CCOC(=O)c1ccc(NC(=O)CSc2nnc3[nH]c(=O)cc(CC)n23)cc1. The van der Waals surface area contributed by atoms with Gasteiger partial charge in [-0.15, -0.1) is 10.2 Å². The quantitative estimate of drug-likeness (QED) is 0.458. The molecule has 1 amide bonds. The van der Waals surface area contributed by atoms with Crippen molar-refractivity contribution in [2.45, 2.75) is 25.4 Å². The molecular formula is C18H19N5O4S. The summed E-state index contributed by atoms with van der Waals surface area (Å²) in [5, 5.41) is 11.3. The molecule has 3 aromatic rings. The Labute approximate surface area is 164 Å². The summed E-state index contributed by atoms with van der Waals surface area (Å²) in [7, 11) is 0. The average Bonchev–Trinajstić information content (AvgIpc) is 3.09. The Hall–Kier alpha value is -3.14. The first-order valence-electron chi connectivity index (χ1n) is 8.69. The Bertz CT molecular complexity index is 1060. The van der Waals surface area contributed by atoms with Crippen molar-refractivity contribution in [3.05, 3.63) is 51.9 Å². The Morgan fingerprint density at radius 1 is 1.21 bits per heavy atom. The lowest BCUT2D eigenvalue weighted by Gasteiger charge is -2.07. The first kappa shape index (κ1) is 19.6. The minimum atomic E-state index is -0.403. The number of carbonyl (C=O) groups excluding carboxylic acids is 2. The highest BCUT2D eigenvalue weighted by molar-refractivity contribution is 7.99. The molecule has 1 aromatic carbocycles. The number of anilines is 1. The molecule has 0 aliphatic carbocycles. The molecule has 0 spiro atoms. The summed E-state index contributed by atoms with van der Waals surface area (Å²) in [5.41, 5.74) is 1.52. The second kappa shape index (κ2) is 8.70. The molecule has 0 bridgehead atoms. The average molecular weight is 401 g/mol. The molecule has 0 saturated carbocycles.